The van der Waals surface area contributed by atoms with Crippen molar-refractivity contribution < 1.29 is 4.79 Å². The van der Waals surface area contributed by atoms with Crippen LogP contribution < -0.4 is 16.0 Å². The number of nitrogens with one attached hydrogen (secondary N) is 1. The van der Waals surface area contributed by atoms with Gasteiger partial charge < -0.3 is 25.8 Å². The summed E-state index contributed by atoms with van der Waals surface area (Å²) in [5.74, 6) is 0.0310. The molecule has 1 unspecified atom stereocenters. The summed E-state index contributed by atoms with van der Waals surface area (Å²) in [4.78, 5) is 23.5. The van der Waals surface area contributed by atoms with E-state index in [1.807, 2.05) is 11.0 Å². The lowest BCUT2D eigenvalue weighted by molar-refractivity contribution is -0.132. The zero-order valence-electron chi connectivity index (χ0n) is 20.5. The summed E-state index contributed by atoms with van der Waals surface area (Å²) in [5, 5.41) is 4.77. The predicted octanol–water partition coefficient (Wildman–Crippen LogP) is 3.26. The summed E-state index contributed by atoms with van der Waals surface area (Å²) in [5.41, 5.74) is 11.1. The third-order valence-electron chi connectivity index (χ3n) is 6.32. The number of nitrogens with two attached hydrogens (primary N) is 1. The van der Waals surface area contributed by atoms with E-state index in [0.717, 1.165) is 60.4 Å². The van der Waals surface area contributed by atoms with E-state index in [-0.39, 0.29) is 5.91 Å². The number of piperazine rings is 1. The van der Waals surface area contributed by atoms with E-state index in [1.54, 1.807) is 6.92 Å². The molecular weight excluding hydrogens is 424 g/mol. The molecule has 0 bridgehead atoms. The van der Waals surface area contributed by atoms with Crippen LogP contribution in [0.5, 0.6) is 0 Å². The van der Waals surface area contributed by atoms with Gasteiger partial charge in [-0.15, -0.1) is 0 Å². The second-order valence-electron chi connectivity index (χ2n) is 9.30. The fourth-order valence-corrected chi connectivity index (χ4v) is 4.40. The molecule has 180 valence electrons. The smallest absolute Gasteiger partial charge is 0.239 e. The molecule has 1 aliphatic rings. The van der Waals surface area contributed by atoms with Gasteiger partial charge in [-0.2, -0.15) is 0 Å². The van der Waals surface area contributed by atoms with Gasteiger partial charge in [0.2, 0.25) is 5.91 Å². The first-order valence-electron chi connectivity index (χ1n) is 12.1. The van der Waals surface area contributed by atoms with Crippen LogP contribution in [0.3, 0.4) is 0 Å². The highest BCUT2D eigenvalue weighted by molar-refractivity contribution is 5.93. The predicted molar refractivity (Wildman–Crippen MR) is 141 cm³/mol. The number of pyridine rings is 1. The van der Waals surface area contributed by atoms with Gasteiger partial charge in [0.05, 0.1) is 17.3 Å². The van der Waals surface area contributed by atoms with Crippen LogP contribution in [0.4, 0.5) is 11.4 Å². The summed E-state index contributed by atoms with van der Waals surface area (Å²) < 4.78 is 0. The van der Waals surface area contributed by atoms with Crippen LogP contribution in [0, 0.1) is 0 Å². The monoisotopic (exact) mass is 460 g/mol. The lowest BCUT2D eigenvalue weighted by atomic mass is 10.1. The highest BCUT2D eigenvalue weighted by atomic mass is 16.2. The Bertz CT molecular complexity index is 1100. The molecule has 0 spiro atoms. The Hall–Kier alpha value is -3.16. The van der Waals surface area contributed by atoms with Gasteiger partial charge in [-0.05, 0) is 58.3 Å². The first-order valence-corrected chi connectivity index (χ1v) is 12.1. The highest BCUT2D eigenvalue weighted by Crippen LogP contribution is 2.29. The molecule has 2 heterocycles. The molecule has 1 aliphatic heterocycles. The third-order valence-corrected chi connectivity index (χ3v) is 6.32. The zero-order chi connectivity index (χ0) is 24.1. The van der Waals surface area contributed by atoms with Crippen LogP contribution in [0.1, 0.15) is 13.3 Å². The van der Waals surface area contributed by atoms with Crippen molar-refractivity contribution in [2.24, 2.45) is 5.73 Å². The minimum atomic E-state index is -0.437. The molecule has 0 aliphatic carbocycles. The number of rotatable bonds is 8. The van der Waals surface area contributed by atoms with Gasteiger partial charge in [0.1, 0.15) is 0 Å². The number of anilines is 2. The lowest BCUT2D eigenvalue weighted by Gasteiger charge is -2.36. The average Bonchev–Trinajstić information content (AvgIpc) is 2.86. The maximum atomic E-state index is 12.1. The molecular formula is C27H36N6O. The summed E-state index contributed by atoms with van der Waals surface area (Å²) >= 11 is 0. The van der Waals surface area contributed by atoms with E-state index in [2.05, 4.69) is 77.7 Å². The number of fused-ring (bicyclic) bond motifs is 1. The summed E-state index contributed by atoms with van der Waals surface area (Å²) in [6.07, 6.45) is 1.08. The third kappa shape index (κ3) is 5.66. The zero-order valence-corrected chi connectivity index (χ0v) is 20.5. The van der Waals surface area contributed by atoms with Crippen molar-refractivity contribution in [3.8, 4) is 11.3 Å². The van der Waals surface area contributed by atoms with Gasteiger partial charge in [0.15, 0.2) is 0 Å². The Kier molecular flexibility index (Phi) is 7.65. The maximum Gasteiger partial charge on any atom is 0.239 e. The molecule has 0 saturated carbocycles. The van der Waals surface area contributed by atoms with Crippen molar-refractivity contribution in [1.82, 2.24) is 14.8 Å². The molecule has 1 saturated heterocycles. The molecule has 4 rings (SSSR count). The average molecular weight is 461 g/mol. The van der Waals surface area contributed by atoms with Crippen molar-refractivity contribution in [1.29, 1.82) is 0 Å². The molecule has 34 heavy (non-hydrogen) atoms. The van der Waals surface area contributed by atoms with Crippen LogP contribution in [-0.2, 0) is 4.79 Å². The number of aromatic nitrogens is 1. The van der Waals surface area contributed by atoms with E-state index >= 15 is 0 Å². The number of nitrogens with zero attached hydrogens (tertiary/aromatic N) is 4. The van der Waals surface area contributed by atoms with Crippen LogP contribution in [-0.4, -0.2) is 80.1 Å². The quantitative estimate of drug-likeness (QED) is 0.503. The molecule has 1 atom stereocenters. The molecule has 7 heteroatoms. The van der Waals surface area contributed by atoms with Crippen LogP contribution in [0.25, 0.3) is 22.2 Å². The van der Waals surface area contributed by atoms with E-state index in [4.69, 9.17) is 10.7 Å². The van der Waals surface area contributed by atoms with E-state index in [0.29, 0.717) is 13.1 Å². The normalized spacial score (nSPS) is 15.1. The van der Waals surface area contributed by atoms with Crippen LogP contribution in [0.15, 0.2) is 54.6 Å². The molecule has 1 fully saturated rings. The summed E-state index contributed by atoms with van der Waals surface area (Å²) in [6.45, 7) is 6.76. The Morgan fingerprint density at radius 3 is 2.47 bits per heavy atom. The lowest BCUT2D eigenvalue weighted by Crippen LogP contribution is -2.52. The molecule has 7 nitrogen and oxygen atoms in total. The molecule has 0 radical (unpaired) electrons. The number of amides is 1. The number of carbonyl (C=O) groups excluding carboxylic acids is 1. The highest BCUT2D eigenvalue weighted by Gasteiger charge is 2.23. The van der Waals surface area contributed by atoms with Gasteiger partial charge >= 0.3 is 0 Å². The Morgan fingerprint density at radius 2 is 1.79 bits per heavy atom. The summed E-state index contributed by atoms with van der Waals surface area (Å²) in [6, 6.07) is 18.6. The molecule has 3 N–H and O–H groups in total. The SMILES string of the molecule is CC(N)C(=O)N1CCN(c2ccc(-c3cc(NCCCN(C)C)c4ccccc4n3)cc2)CC1. The van der Waals surface area contributed by atoms with Crippen molar-refractivity contribution in [2.75, 3.05) is 63.6 Å². The van der Waals surface area contributed by atoms with Crippen molar-refractivity contribution >= 4 is 28.2 Å². The van der Waals surface area contributed by atoms with E-state index in [1.165, 1.54) is 5.69 Å². The summed E-state index contributed by atoms with van der Waals surface area (Å²) in [7, 11) is 4.20. The second kappa shape index (κ2) is 10.8. The first kappa shape index (κ1) is 24.0. The maximum absolute atomic E-state index is 12.1. The number of hydrogen-bond donors (Lipinski definition) is 2. The van der Waals surface area contributed by atoms with E-state index in [9.17, 15) is 4.79 Å². The second-order valence-corrected chi connectivity index (χ2v) is 9.30. The van der Waals surface area contributed by atoms with Gasteiger partial charge in [-0.1, -0.05) is 30.3 Å². The van der Waals surface area contributed by atoms with Gasteiger partial charge in [0.25, 0.3) is 0 Å². The van der Waals surface area contributed by atoms with Crippen molar-refractivity contribution in [3.05, 3.63) is 54.6 Å². The van der Waals surface area contributed by atoms with Crippen molar-refractivity contribution in [2.45, 2.75) is 19.4 Å². The van der Waals surface area contributed by atoms with Crippen LogP contribution >= 0.6 is 0 Å². The first-order chi connectivity index (χ1) is 16.4. The molecule has 3 aromatic rings. The minimum Gasteiger partial charge on any atom is -0.384 e. The Labute approximate surface area is 202 Å². The molecule has 1 aromatic heterocycles. The van der Waals surface area contributed by atoms with Gasteiger partial charge in [0, 0.05) is 55.0 Å². The van der Waals surface area contributed by atoms with Crippen molar-refractivity contribution in [3.63, 3.8) is 0 Å². The Morgan fingerprint density at radius 1 is 1.09 bits per heavy atom. The minimum absolute atomic E-state index is 0.0310. The van der Waals surface area contributed by atoms with Crippen LogP contribution in [0.2, 0.25) is 0 Å². The van der Waals surface area contributed by atoms with Gasteiger partial charge in [-0.3, -0.25) is 4.79 Å². The fourth-order valence-electron chi connectivity index (χ4n) is 4.40. The van der Waals surface area contributed by atoms with E-state index < -0.39 is 6.04 Å². The number of carbonyl (C=O) groups is 1. The standard InChI is InChI=1S/C27H36N6O/c1-20(28)27(34)33-17-15-32(16-18-33)22-11-9-21(10-12-22)25-19-26(29-13-6-14-31(2)3)23-7-4-5-8-24(23)30-25/h4-5,7-12,19-20H,6,13-18,28H2,1-3H3,(H,29,30). The molecule has 1 amide bonds. The number of para-hydroxylation sites is 1. The van der Waals surface area contributed by atoms with Gasteiger partial charge in [-0.25, -0.2) is 4.98 Å². The Balaban J connectivity index is 1.48. The largest absolute Gasteiger partial charge is 0.384 e. The topological polar surface area (TPSA) is 77.7 Å². The number of benzene rings is 2. The molecule has 2 aromatic carbocycles. The number of hydrogen-bond acceptors (Lipinski definition) is 6. The fraction of sp³-hybridized carbons (Fsp3) is 0.407.